The van der Waals surface area contributed by atoms with E-state index in [4.69, 9.17) is 0 Å². The summed E-state index contributed by atoms with van der Waals surface area (Å²) in [4.78, 5) is 27.0. The maximum atomic E-state index is 13.2. The second kappa shape index (κ2) is 11.5. The highest BCUT2D eigenvalue weighted by Crippen LogP contribution is 2.51. The van der Waals surface area contributed by atoms with Crippen LogP contribution < -0.4 is 4.72 Å². The molecule has 0 radical (unpaired) electrons. The van der Waals surface area contributed by atoms with Gasteiger partial charge in [-0.3, -0.25) is 19.2 Å². The summed E-state index contributed by atoms with van der Waals surface area (Å²) >= 11 is 0.858. The van der Waals surface area contributed by atoms with Crippen molar-refractivity contribution < 1.29 is 18.0 Å². The number of nitrogens with zero attached hydrogens (tertiary/aromatic N) is 2. The molecule has 7 nitrogen and oxygen atoms in total. The van der Waals surface area contributed by atoms with Crippen LogP contribution in [0.2, 0.25) is 0 Å². The molecule has 0 aliphatic heterocycles. The lowest BCUT2D eigenvalue weighted by atomic mass is 10.0. The van der Waals surface area contributed by atoms with Crippen LogP contribution in [-0.2, 0) is 15.3 Å². The Balaban J connectivity index is 2.17. The van der Waals surface area contributed by atoms with Gasteiger partial charge in [-0.15, -0.1) is 0 Å². The van der Waals surface area contributed by atoms with Crippen molar-refractivity contribution in [3.63, 3.8) is 0 Å². The van der Waals surface area contributed by atoms with E-state index in [1.807, 2.05) is 30.3 Å². The molecule has 1 saturated carbocycles. The molecule has 0 aromatic heterocycles. The van der Waals surface area contributed by atoms with E-state index in [1.54, 1.807) is 7.05 Å². The van der Waals surface area contributed by atoms with E-state index in [2.05, 4.69) is 22.9 Å². The molecule has 1 fully saturated rings. The fourth-order valence-electron chi connectivity index (χ4n) is 3.75. The van der Waals surface area contributed by atoms with Crippen molar-refractivity contribution in [2.24, 2.45) is 16.2 Å². The first-order valence-electron chi connectivity index (χ1n) is 9.94. The number of carbonyl (C=O) groups excluding carboxylic acids is 2. The molecule has 2 amide bonds. The Morgan fingerprint density at radius 2 is 1.93 bits per heavy atom. The Morgan fingerprint density at radius 3 is 2.52 bits per heavy atom. The minimum atomic E-state index is -2.60. The van der Waals surface area contributed by atoms with Crippen molar-refractivity contribution in [1.82, 2.24) is 9.62 Å². The zero-order chi connectivity index (χ0) is 21.4. The number of hydrogen-bond acceptors (Lipinski definition) is 7. The highest BCUT2D eigenvalue weighted by atomic mass is 32.2. The monoisotopic (exact) mass is 439 g/mol. The molecule has 0 bridgehead atoms. The first kappa shape index (κ1) is 23.6. The zero-order valence-corrected chi connectivity index (χ0v) is 18.7. The maximum Gasteiger partial charge on any atom is 0.311 e. The van der Waals surface area contributed by atoms with Gasteiger partial charge in [0.1, 0.15) is 0 Å². The van der Waals surface area contributed by atoms with E-state index in [-0.39, 0.29) is 17.1 Å². The molecule has 29 heavy (non-hydrogen) atoms. The van der Waals surface area contributed by atoms with Crippen LogP contribution in [0.3, 0.4) is 0 Å². The lowest BCUT2D eigenvalue weighted by molar-refractivity contribution is -0.129. The predicted molar refractivity (Wildman–Crippen MR) is 115 cm³/mol. The van der Waals surface area contributed by atoms with Crippen molar-refractivity contribution in [3.8, 4) is 0 Å². The summed E-state index contributed by atoms with van der Waals surface area (Å²) in [6.45, 7) is 4.63. The van der Waals surface area contributed by atoms with Gasteiger partial charge >= 0.3 is 15.7 Å². The third-order valence-electron chi connectivity index (χ3n) is 5.20. The quantitative estimate of drug-likeness (QED) is 0.556. The van der Waals surface area contributed by atoms with E-state index in [9.17, 15) is 18.0 Å². The fourth-order valence-corrected chi connectivity index (χ4v) is 4.68. The van der Waals surface area contributed by atoms with E-state index >= 15 is 0 Å². The van der Waals surface area contributed by atoms with Gasteiger partial charge in [0.05, 0.1) is 12.0 Å². The van der Waals surface area contributed by atoms with Crippen LogP contribution in [0.4, 0.5) is 4.79 Å². The highest BCUT2D eigenvalue weighted by molar-refractivity contribution is 8.11. The van der Waals surface area contributed by atoms with Crippen LogP contribution in [0.5, 0.6) is 0 Å². The molecule has 1 aromatic rings. The Hall–Kier alpha value is -1.71. The predicted octanol–water partition coefficient (Wildman–Crippen LogP) is 3.86. The third kappa shape index (κ3) is 6.65. The number of amides is 2. The van der Waals surface area contributed by atoms with Gasteiger partial charge in [-0.25, -0.2) is 0 Å². The lowest BCUT2D eigenvalue weighted by Crippen LogP contribution is -2.38. The zero-order valence-electron chi connectivity index (χ0n) is 17.1. The van der Waals surface area contributed by atoms with E-state index in [0.717, 1.165) is 43.2 Å². The van der Waals surface area contributed by atoms with Gasteiger partial charge in [-0.1, -0.05) is 57.0 Å². The van der Waals surface area contributed by atoms with E-state index < -0.39 is 22.5 Å². The number of rotatable bonds is 10. The van der Waals surface area contributed by atoms with Crippen molar-refractivity contribution in [3.05, 3.63) is 35.9 Å². The largest absolute Gasteiger partial charge is 0.311 e. The summed E-state index contributed by atoms with van der Waals surface area (Å²) in [7, 11) is -0.982. The average Bonchev–Trinajstić information content (AvgIpc) is 3.38. The number of imide groups is 1. The molecule has 0 spiro atoms. The molecule has 4 unspecified atom stereocenters. The van der Waals surface area contributed by atoms with Crippen molar-refractivity contribution in [2.45, 2.75) is 51.5 Å². The van der Waals surface area contributed by atoms with Gasteiger partial charge in [0.2, 0.25) is 5.91 Å². The summed E-state index contributed by atoms with van der Waals surface area (Å²) in [5, 5.41) is -0.374. The topological polar surface area (TPSA) is 95.9 Å². The van der Waals surface area contributed by atoms with Crippen LogP contribution in [0.25, 0.3) is 0 Å². The first-order valence-corrected chi connectivity index (χ1v) is 11.8. The van der Waals surface area contributed by atoms with Gasteiger partial charge in [-0.05, 0) is 31.4 Å². The minimum Gasteiger partial charge on any atom is -0.274 e. The van der Waals surface area contributed by atoms with Crippen molar-refractivity contribution in [2.75, 3.05) is 13.6 Å². The van der Waals surface area contributed by atoms with E-state index in [1.165, 1.54) is 4.90 Å². The molecule has 1 N–H and O–H groups in total. The van der Waals surface area contributed by atoms with Crippen LogP contribution in [0, 0.1) is 11.8 Å². The van der Waals surface area contributed by atoms with Crippen molar-refractivity contribution in [1.29, 1.82) is 0 Å². The van der Waals surface area contributed by atoms with E-state index in [0.29, 0.717) is 12.5 Å². The summed E-state index contributed by atoms with van der Waals surface area (Å²) in [5.41, 5.74) is 0.857. The molecule has 160 valence electrons. The normalized spacial score (nSPS) is 21.3. The number of benzene rings is 1. The van der Waals surface area contributed by atoms with Gasteiger partial charge < -0.3 is 0 Å². The van der Waals surface area contributed by atoms with Gasteiger partial charge in [-0.2, -0.15) is 12.8 Å². The van der Waals surface area contributed by atoms with Crippen LogP contribution >= 0.6 is 11.9 Å². The van der Waals surface area contributed by atoms with Gasteiger partial charge in [0, 0.05) is 24.4 Å². The van der Waals surface area contributed by atoms with Crippen molar-refractivity contribution >= 4 is 33.6 Å². The standard InChI is InChI=1S/C20H29N3O4S2/c1-4-9-14(2)10-8-13-23(20(25)28-21-3)19(24)17-16(18(17)22-29(26)27)15-11-6-5-7-12-15/h5-7,11-12,14,16-18,21H,4,8-10,13H2,1-3H3. The molecule has 0 heterocycles. The molecule has 1 aliphatic carbocycles. The average molecular weight is 440 g/mol. The summed E-state index contributed by atoms with van der Waals surface area (Å²) < 4.78 is 28.7. The molecular formula is C20H29N3O4S2. The van der Waals surface area contributed by atoms with Gasteiger partial charge in [0.25, 0.3) is 0 Å². The number of carbonyl (C=O) groups is 2. The molecular weight excluding hydrogens is 410 g/mol. The molecule has 1 aliphatic rings. The number of hydrogen-bond donors (Lipinski definition) is 1. The SMILES string of the molecule is CCCC(C)CCCN(C(=O)SNC)C(=O)C1C(N=S(=O)=O)C1c1ccccc1. The molecule has 0 saturated heterocycles. The summed E-state index contributed by atoms with van der Waals surface area (Å²) in [6, 6.07) is 8.60. The fraction of sp³-hybridized carbons (Fsp3) is 0.600. The van der Waals surface area contributed by atoms with Crippen LogP contribution in [0.15, 0.2) is 34.7 Å². The Morgan fingerprint density at radius 1 is 1.24 bits per heavy atom. The smallest absolute Gasteiger partial charge is 0.274 e. The summed E-state index contributed by atoms with van der Waals surface area (Å²) in [5.74, 6) is -0.776. The Kier molecular flexibility index (Phi) is 9.32. The number of nitrogens with one attached hydrogen (secondary N) is 1. The second-order valence-electron chi connectivity index (χ2n) is 7.37. The Bertz CT molecular complexity index is 821. The minimum absolute atomic E-state index is 0.324. The molecule has 2 rings (SSSR count). The highest BCUT2D eigenvalue weighted by Gasteiger charge is 2.58. The van der Waals surface area contributed by atoms with Crippen LogP contribution in [-0.4, -0.2) is 44.1 Å². The second-order valence-corrected chi connectivity index (χ2v) is 8.98. The Labute approximate surface area is 178 Å². The maximum absolute atomic E-state index is 13.2. The molecule has 4 atom stereocenters. The molecule has 9 heteroatoms. The first-order chi connectivity index (χ1) is 13.9. The van der Waals surface area contributed by atoms with Gasteiger partial charge in [0.15, 0.2) is 0 Å². The summed E-state index contributed by atoms with van der Waals surface area (Å²) in [6.07, 6.45) is 3.87. The van der Waals surface area contributed by atoms with Crippen LogP contribution in [0.1, 0.15) is 51.0 Å². The third-order valence-corrected chi connectivity index (χ3v) is 6.21. The lowest BCUT2D eigenvalue weighted by Gasteiger charge is -2.21. The molecule has 1 aromatic carbocycles.